The van der Waals surface area contributed by atoms with E-state index in [0.717, 1.165) is 24.8 Å². The van der Waals surface area contributed by atoms with E-state index in [0.29, 0.717) is 24.8 Å². The van der Waals surface area contributed by atoms with Gasteiger partial charge in [0.1, 0.15) is 0 Å². The number of rotatable bonds is 8. The maximum absolute atomic E-state index is 13.4. The van der Waals surface area contributed by atoms with Crippen molar-refractivity contribution in [3.05, 3.63) is 59.7 Å². The lowest BCUT2D eigenvalue weighted by molar-refractivity contribution is -0.132. The molecule has 2 aliphatic carbocycles. The van der Waals surface area contributed by atoms with E-state index in [1.54, 1.807) is 17.9 Å². The number of hydrogen-bond donors (Lipinski definition) is 4. The monoisotopic (exact) mass is 492 g/mol. The second-order valence-electron chi connectivity index (χ2n) is 10.9. The quantitative estimate of drug-likeness (QED) is 0.430. The zero-order valence-electron chi connectivity index (χ0n) is 21.9. The predicted molar refractivity (Wildman–Crippen MR) is 141 cm³/mol. The minimum atomic E-state index is -1.00. The molecule has 1 aromatic carbocycles. The Bertz CT molecular complexity index is 1050. The Morgan fingerprint density at radius 1 is 1.25 bits per heavy atom. The summed E-state index contributed by atoms with van der Waals surface area (Å²) in [4.78, 5) is 28.2. The molecule has 0 radical (unpaired) electrons. The minimum absolute atomic E-state index is 0.0547. The summed E-state index contributed by atoms with van der Waals surface area (Å²) in [6, 6.07) is 6.64. The lowest BCUT2D eigenvalue weighted by atomic mass is 9.85. The number of carbonyl (C=O) groups excluding carboxylic acids is 2. The van der Waals surface area contributed by atoms with Crippen LogP contribution in [0.5, 0.6) is 0 Å². The van der Waals surface area contributed by atoms with Crippen LogP contribution in [0.2, 0.25) is 0 Å². The first kappa shape index (κ1) is 26.1. The number of carbonyl (C=O) groups is 2. The maximum Gasteiger partial charge on any atom is 0.251 e. The number of aliphatic hydroxyl groups is 1. The zero-order valence-corrected chi connectivity index (χ0v) is 21.9. The molecule has 194 valence electrons. The molecule has 1 saturated carbocycles. The third-order valence-electron chi connectivity index (χ3n) is 8.43. The first-order valence-corrected chi connectivity index (χ1v) is 13.3. The van der Waals surface area contributed by atoms with Crippen LogP contribution in [0.4, 0.5) is 0 Å². The number of nitrogens with zero attached hydrogens (tertiary/aromatic N) is 1. The number of allylic oxidation sites excluding steroid dienone is 3. The lowest BCUT2D eigenvalue weighted by Gasteiger charge is -2.45. The largest absolute Gasteiger partial charge is 0.388 e. The third kappa shape index (κ3) is 4.85. The summed E-state index contributed by atoms with van der Waals surface area (Å²) in [5.74, 6) is 0.0990. The van der Waals surface area contributed by atoms with Gasteiger partial charge in [0.25, 0.3) is 5.91 Å². The van der Waals surface area contributed by atoms with Crippen LogP contribution in [-0.4, -0.2) is 45.0 Å². The van der Waals surface area contributed by atoms with Gasteiger partial charge in [-0.15, -0.1) is 0 Å². The molecule has 36 heavy (non-hydrogen) atoms. The molecule has 3 aliphatic rings. The van der Waals surface area contributed by atoms with Crippen molar-refractivity contribution in [3.63, 3.8) is 0 Å². The van der Waals surface area contributed by atoms with Gasteiger partial charge in [0.05, 0.1) is 24.1 Å². The first-order chi connectivity index (χ1) is 17.1. The summed E-state index contributed by atoms with van der Waals surface area (Å²) in [6.07, 6.45) is 12.2. The third-order valence-corrected chi connectivity index (χ3v) is 8.43. The van der Waals surface area contributed by atoms with Crippen molar-refractivity contribution in [3.8, 4) is 0 Å². The van der Waals surface area contributed by atoms with Gasteiger partial charge >= 0.3 is 0 Å². The Balaban J connectivity index is 1.57. The average molecular weight is 493 g/mol. The van der Waals surface area contributed by atoms with Crippen LogP contribution < -0.4 is 10.6 Å². The average Bonchev–Trinajstić information content (AvgIpc) is 3.12. The van der Waals surface area contributed by atoms with E-state index >= 15 is 0 Å². The van der Waals surface area contributed by atoms with Crippen molar-refractivity contribution in [2.45, 2.75) is 89.4 Å². The molecule has 0 bridgehead atoms. The highest BCUT2D eigenvalue weighted by atomic mass is 16.3. The standard InChI is InChI=1S/C29H40N4O3/c1-5-11-23(33-24(34)18-29(6-2,7-3)32-27(33)30)19-13-10-14-20(16-19)26(35)31-25-22-15-9-8-12-21(22)17-28(25,4)36/h8-10,12-16,21-23,25,36H,5-7,11,17-18H2,1-4H3,(H2,30,32)(H,31,35)/t21?,22?,23-,25-,28?/m1/s1. The van der Waals surface area contributed by atoms with E-state index in [1.807, 2.05) is 44.2 Å². The van der Waals surface area contributed by atoms with Crippen LogP contribution in [0.15, 0.2) is 48.6 Å². The fourth-order valence-corrected chi connectivity index (χ4v) is 6.19. The van der Waals surface area contributed by atoms with Gasteiger partial charge in [-0.3, -0.25) is 19.9 Å². The first-order valence-electron chi connectivity index (χ1n) is 13.3. The van der Waals surface area contributed by atoms with Crippen LogP contribution in [0.1, 0.15) is 88.2 Å². The fraction of sp³-hybridized carbons (Fsp3) is 0.552. The van der Waals surface area contributed by atoms with Crippen LogP contribution in [0.25, 0.3) is 0 Å². The molecule has 1 heterocycles. The number of amides is 2. The SMILES string of the molecule is CCC[C@H](c1cccc(C(=O)N[C@@H]2C3C=CC=CC3CC2(C)O)c1)N1C(=N)NC(CC)(CC)CC1=O. The van der Waals surface area contributed by atoms with E-state index in [-0.39, 0.29) is 47.2 Å². The number of benzene rings is 1. The summed E-state index contributed by atoms with van der Waals surface area (Å²) in [5, 5.41) is 26.1. The highest BCUT2D eigenvalue weighted by molar-refractivity contribution is 6.00. The number of fused-ring (bicyclic) bond motifs is 1. The van der Waals surface area contributed by atoms with Gasteiger partial charge in [-0.25, -0.2) is 0 Å². The van der Waals surface area contributed by atoms with Crippen molar-refractivity contribution in [1.82, 2.24) is 15.5 Å². The van der Waals surface area contributed by atoms with E-state index in [9.17, 15) is 14.7 Å². The zero-order chi connectivity index (χ0) is 26.1. The molecule has 0 spiro atoms. The van der Waals surface area contributed by atoms with Crippen molar-refractivity contribution >= 4 is 17.8 Å². The van der Waals surface area contributed by atoms with Crippen LogP contribution in [-0.2, 0) is 4.79 Å². The van der Waals surface area contributed by atoms with Gasteiger partial charge in [0, 0.05) is 17.0 Å². The summed E-state index contributed by atoms with van der Waals surface area (Å²) in [7, 11) is 0. The number of hydrogen-bond acceptors (Lipinski definition) is 4. The van der Waals surface area contributed by atoms with Crippen LogP contribution in [0, 0.1) is 17.2 Å². The summed E-state index contributed by atoms with van der Waals surface area (Å²) >= 11 is 0. The Kier molecular flexibility index (Phi) is 7.41. The second-order valence-corrected chi connectivity index (χ2v) is 10.9. The molecule has 1 saturated heterocycles. The van der Waals surface area contributed by atoms with Gasteiger partial charge in [0.2, 0.25) is 5.91 Å². The Morgan fingerprint density at radius 2 is 1.97 bits per heavy atom. The highest BCUT2D eigenvalue weighted by Gasteiger charge is 2.49. The van der Waals surface area contributed by atoms with Gasteiger partial charge in [-0.1, -0.05) is 63.6 Å². The Hall–Kier alpha value is -2.93. The fourth-order valence-electron chi connectivity index (χ4n) is 6.19. The molecular formula is C29H40N4O3. The maximum atomic E-state index is 13.4. The molecule has 7 heteroatoms. The summed E-state index contributed by atoms with van der Waals surface area (Å²) in [6.45, 7) is 7.93. The van der Waals surface area contributed by atoms with Crippen molar-refractivity contribution < 1.29 is 14.7 Å². The van der Waals surface area contributed by atoms with E-state index in [1.165, 1.54) is 0 Å². The van der Waals surface area contributed by atoms with Gasteiger partial charge in [-0.05, 0) is 56.2 Å². The smallest absolute Gasteiger partial charge is 0.251 e. The Morgan fingerprint density at radius 3 is 2.64 bits per heavy atom. The molecule has 3 unspecified atom stereocenters. The molecule has 1 aromatic rings. The van der Waals surface area contributed by atoms with Gasteiger partial charge < -0.3 is 15.7 Å². The molecule has 1 aliphatic heterocycles. The van der Waals surface area contributed by atoms with Crippen molar-refractivity contribution in [1.29, 1.82) is 5.41 Å². The molecule has 4 rings (SSSR count). The van der Waals surface area contributed by atoms with Crippen LogP contribution in [0.3, 0.4) is 0 Å². The molecule has 2 fully saturated rings. The number of guanidine groups is 1. The lowest BCUT2D eigenvalue weighted by Crippen LogP contribution is -2.62. The highest BCUT2D eigenvalue weighted by Crippen LogP contribution is 2.42. The molecule has 2 amide bonds. The van der Waals surface area contributed by atoms with Gasteiger partial charge in [0.15, 0.2) is 5.96 Å². The Labute approximate surface area is 214 Å². The minimum Gasteiger partial charge on any atom is -0.388 e. The molecule has 4 N–H and O–H groups in total. The molecular weight excluding hydrogens is 452 g/mol. The summed E-state index contributed by atoms with van der Waals surface area (Å²) in [5.41, 5.74) is -0.0505. The van der Waals surface area contributed by atoms with Crippen LogP contribution >= 0.6 is 0 Å². The topological polar surface area (TPSA) is 106 Å². The molecule has 5 atom stereocenters. The van der Waals surface area contributed by atoms with E-state index in [4.69, 9.17) is 5.41 Å². The second kappa shape index (κ2) is 10.2. The number of nitrogens with one attached hydrogen (secondary N) is 3. The summed E-state index contributed by atoms with van der Waals surface area (Å²) < 4.78 is 0. The normalized spacial score (nSPS) is 29.6. The van der Waals surface area contributed by atoms with E-state index in [2.05, 4.69) is 29.7 Å². The van der Waals surface area contributed by atoms with Gasteiger partial charge in [-0.2, -0.15) is 0 Å². The molecule has 7 nitrogen and oxygen atoms in total. The predicted octanol–water partition coefficient (Wildman–Crippen LogP) is 4.45. The van der Waals surface area contributed by atoms with Crippen molar-refractivity contribution in [2.75, 3.05) is 0 Å². The molecule has 0 aromatic heterocycles. The van der Waals surface area contributed by atoms with Crippen molar-refractivity contribution in [2.24, 2.45) is 11.8 Å². The van der Waals surface area contributed by atoms with E-state index < -0.39 is 5.60 Å².